The van der Waals surface area contributed by atoms with E-state index >= 15 is 0 Å². The van der Waals surface area contributed by atoms with Crippen LogP contribution in [0.5, 0.6) is 0 Å². The third-order valence-electron chi connectivity index (χ3n) is 3.76. The fourth-order valence-corrected chi connectivity index (χ4v) is 2.84. The standard InChI is InChI=1S/C15H18O2/c1-11-5-3-6-12(9-11)14-13(16-2)7-4-8-15(14)10-17-15/h3,5-6,9H,4,7-8,10H2,1-2H3/t15-/m0/s1. The highest BCUT2D eigenvalue weighted by molar-refractivity contribution is 5.77. The summed E-state index contributed by atoms with van der Waals surface area (Å²) in [6.07, 6.45) is 3.33. The Labute approximate surface area is 102 Å². The van der Waals surface area contributed by atoms with Gasteiger partial charge in [-0.15, -0.1) is 0 Å². The van der Waals surface area contributed by atoms with Crippen molar-refractivity contribution < 1.29 is 9.47 Å². The molecular weight excluding hydrogens is 212 g/mol. The van der Waals surface area contributed by atoms with Crippen LogP contribution in [-0.4, -0.2) is 19.3 Å². The summed E-state index contributed by atoms with van der Waals surface area (Å²) in [4.78, 5) is 0. The van der Waals surface area contributed by atoms with Crippen molar-refractivity contribution in [2.24, 2.45) is 0 Å². The van der Waals surface area contributed by atoms with Crippen LogP contribution in [0.3, 0.4) is 0 Å². The normalized spacial score (nSPS) is 27.4. The second kappa shape index (κ2) is 3.88. The average molecular weight is 230 g/mol. The molecule has 2 aliphatic rings. The van der Waals surface area contributed by atoms with E-state index in [1.54, 1.807) is 7.11 Å². The molecule has 0 bridgehead atoms. The second-order valence-corrected chi connectivity index (χ2v) is 5.01. The molecule has 0 radical (unpaired) electrons. The van der Waals surface area contributed by atoms with Crippen LogP contribution in [0, 0.1) is 6.92 Å². The quantitative estimate of drug-likeness (QED) is 0.727. The lowest BCUT2D eigenvalue weighted by Crippen LogP contribution is -2.20. The molecule has 0 unspecified atom stereocenters. The van der Waals surface area contributed by atoms with Crippen LogP contribution in [0.2, 0.25) is 0 Å². The van der Waals surface area contributed by atoms with E-state index in [9.17, 15) is 0 Å². The molecule has 1 saturated heterocycles. The largest absolute Gasteiger partial charge is 0.501 e. The molecular formula is C15H18O2. The predicted octanol–water partition coefficient (Wildman–Crippen LogP) is 3.31. The van der Waals surface area contributed by atoms with Gasteiger partial charge >= 0.3 is 0 Å². The van der Waals surface area contributed by atoms with Gasteiger partial charge in [0.2, 0.25) is 0 Å². The molecule has 1 aliphatic carbocycles. The Morgan fingerprint density at radius 1 is 1.35 bits per heavy atom. The van der Waals surface area contributed by atoms with E-state index in [1.807, 2.05) is 0 Å². The molecule has 1 aliphatic heterocycles. The van der Waals surface area contributed by atoms with Crippen molar-refractivity contribution in [3.63, 3.8) is 0 Å². The van der Waals surface area contributed by atoms with Crippen LogP contribution < -0.4 is 0 Å². The Hall–Kier alpha value is -1.28. The summed E-state index contributed by atoms with van der Waals surface area (Å²) >= 11 is 0. The van der Waals surface area contributed by atoms with Crippen molar-refractivity contribution in [3.8, 4) is 0 Å². The Kier molecular flexibility index (Phi) is 2.48. The first-order chi connectivity index (χ1) is 8.25. The highest BCUT2D eigenvalue weighted by atomic mass is 16.6. The van der Waals surface area contributed by atoms with Gasteiger partial charge < -0.3 is 9.47 Å². The zero-order chi connectivity index (χ0) is 11.9. The number of hydrogen-bond donors (Lipinski definition) is 0. The maximum Gasteiger partial charge on any atom is 0.120 e. The Balaban J connectivity index is 2.11. The summed E-state index contributed by atoms with van der Waals surface area (Å²) in [5, 5.41) is 0. The molecule has 1 fully saturated rings. The minimum absolute atomic E-state index is 0.0304. The summed E-state index contributed by atoms with van der Waals surface area (Å²) in [5.41, 5.74) is 3.80. The van der Waals surface area contributed by atoms with Gasteiger partial charge in [-0.3, -0.25) is 0 Å². The van der Waals surface area contributed by atoms with Crippen LogP contribution in [0.4, 0.5) is 0 Å². The zero-order valence-corrected chi connectivity index (χ0v) is 10.5. The van der Waals surface area contributed by atoms with E-state index in [1.165, 1.54) is 23.1 Å². The molecule has 0 saturated carbocycles. The van der Waals surface area contributed by atoms with Crippen LogP contribution in [-0.2, 0) is 9.47 Å². The molecule has 0 amide bonds. The van der Waals surface area contributed by atoms with Gasteiger partial charge in [-0.05, 0) is 25.3 Å². The van der Waals surface area contributed by atoms with Crippen LogP contribution in [0.15, 0.2) is 30.0 Å². The summed E-state index contributed by atoms with van der Waals surface area (Å²) < 4.78 is 11.3. The van der Waals surface area contributed by atoms with Gasteiger partial charge in [0.1, 0.15) is 11.4 Å². The zero-order valence-electron chi connectivity index (χ0n) is 10.5. The molecule has 1 aromatic carbocycles. The molecule has 2 heteroatoms. The average Bonchev–Trinajstić information content (AvgIpc) is 3.09. The lowest BCUT2D eigenvalue weighted by molar-refractivity contribution is 0.247. The summed E-state index contributed by atoms with van der Waals surface area (Å²) in [6.45, 7) is 2.98. The third-order valence-corrected chi connectivity index (χ3v) is 3.76. The van der Waals surface area contributed by atoms with Gasteiger partial charge in [0.25, 0.3) is 0 Å². The Morgan fingerprint density at radius 3 is 2.82 bits per heavy atom. The number of aryl methyl sites for hydroxylation is 1. The number of methoxy groups -OCH3 is 1. The van der Waals surface area contributed by atoms with Gasteiger partial charge in [0.05, 0.1) is 13.7 Å². The van der Waals surface area contributed by atoms with Crippen molar-refractivity contribution in [2.75, 3.05) is 13.7 Å². The van der Waals surface area contributed by atoms with Crippen LogP contribution in [0.1, 0.15) is 30.4 Å². The molecule has 0 aromatic heterocycles. The van der Waals surface area contributed by atoms with Crippen molar-refractivity contribution in [2.45, 2.75) is 31.8 Å². The molecule has 1 aromatic rings. The number of epoxide rings is 1. The van der Waals surface area contributed by atoms with Crippen LogP contribution >= 0.6 is 0 Å². The maximum atomic E-state index is 5.74. The molecule has 90 valence electrons. The predicted molar refractivity (Wildman–Crippen MR) is 67.6 cm³/mol. The minimum Gasteiger partial charge on any atom is -0.501 e. The highest BCUT2D eigenvalue weighted by Gasteiger charge is 2.51. The molecule has 17 heavy (non-hydrogen) atoms. The Bertz CT molecular complexity index is 470. The fourth-order valence-electron chi connectivity index (χ4n) is 2.84. The van der Waals surface area contributed by atoms with E-state index in [4.69, 9.17) is 9.47 Å². The number of allylic oxidation sites excluding steroid dienone is 1. The molecule has 0 N–H and O–H groups in total. The highest BCUT2D eigenvalue weighted by Crippen LogP contribution is 2.50. The molecule has 1 heterocycles. The lowest BCUT2D eigenvalue weighted by Gasteiger charge is -2.25. The van der Waals surface area contributed by atoms with Crippen molar-refractivity contribution in [1.29, 1.82) is 0 Å². The monoisotopic (exact) mass is 230 g/mol. The first-order valence-corrected chi connectivity index (χ1v) is 6.24. The van der Waals surface area contributed by atoms with Crippen molar-refractivity contribution >= 4 is 5.57 Å². The third kappa shape index (κ3) is 1.77. The van der Waals surface area contributed by atoms with E-state index < -0.39 is 0 Å². The summed E-state index contributed by atoms with van der Waals surface area (Å²) in [5.74, 6) is 1.11. The summed E-state index contributed by atoms with van der Waals surface area (Å²) in [7, 11) is 1.77. The van der Waals surface area contributed by atoms with Crippen LogP contribution in [0.25, 0.3) is 5.57 Å². The Morgan fingerprint density at radius 2 is 2.18 bits per heavy atom. The van der Waals surface area contributed by atoms with Crippen molar-refractivity contribution in [1.82, 2.24) is 0 Å². The topological polar surface area (TPSA) is 21.8 Å². The first kappa shape index (κ1) is 10.8. The smallest absolute Gasteiger partial charge is 0.120 e. The summed E-state index contributed by atoms with van der Waals surface area (Å²) in [6, 6.07) is 8.62. The van der Waals surface area contributed by atoms with E-state index in [0.29, 0.717) is 0 Å². The number of hydrogen-bond acceptors (Lipinski definition) is 2. The fraction of sp³-hybridized carbons (Fsp3) is 0.467. The SMILES string of the molecule is COC1=C(c2cccc(C)c2)[C@]2(CCC1)CO2. The number of rotatable bonds is 2. The van der Waals surface area contributed by atoms with Crippen molar-refractivity contribution in [3.05, 3.63) is 41.2 Å². The second-order valence-electron chi connectivity index (χ2n) is 5.01. The molecule has 1 spiro atoms. The lowest BCUT2D eigenvalue weighted by atomic mass is 9.82. The number of ether oxygens (including phenoxy) is 2. The van der Waals surface area contributed by atoms with Gasteiger partial charge in [0.15, 0.2) is 0 Å². The van der Waals surface area contributed by atoms with Gasteiger partial charge in [-0.25, -0.2) is 0 Å². The maximum absolute atomic E-state index is 5.74. The molecule has 2 nitrogen and oxygen atoms in total. The first-order valence-electron chi connectivity index (χ1n) is 6.24. The van der Waals surface area contributed by atoms with Gasteiger partial charge in [-0.2, -0.15) is 0 Å². The van der Waals surface area contributed by atoms with Gasteiger partial charge in [0, 0.05) is 12.0 Å². The van der Waals surface area contributed by atoms with E-state index in [2.05, 4.69) is 31.2 Å². The number of benzene rings is 1. The van der Waals surface area contributed by atoms with E-state index in [0.717, 1.165) is 25.2 Å². The van der Waals surface area contributed by atoms with E-state index in [-0.39, 0.29) is 5.60 Å². The molecule has 1 atom stereocenters. The minimum atomic E-state index is -0.0304. The van der Waals surface area contributed by atoms with Gasteiger partial charge in [-0.1, -0.05) is 29.8 Å². The molecule has 3 rings (SSSR count).